The zero-order valence-electron chi connectivity index (χ0n) is 14.5. The molecule has 4 N–H and O–H groups in total. The van der Waals surface area contributed by atoms with Gasteiger partial charge in [-0.25, -0.2) is 0 Å². The average molecular weight is 352 g/mol. The smallest absolute Gasteiger partial charge is 0.220 e. The van der Waals surface area contributed by atoms with Gasteiger partial charge in [-0.15, -0.1) is 11.3 Å². The molecule has 2 heterocycles. The van der Waals surface area contributed by atoms with Crippen LogP contribution in [0.3, 0.4) is 0 Å². The topological polar surface area (TPSA) is 82.8 Å². The van der Waals surface area contributed by atoms with Crippen molar-refractivity contribution in [2.24, 2.45) is 16.6 Å². The molecule has 1 fully saturated rings. The number of rotatable bonds is 8. The fraction of sp³-hybridized carbons (Fsp3) is 0.647. The molecular weight excluding hydrogens is 322 g/mol. The van der Waals surface area contributed by atoms with Crippen LogP contribution in [0.1, 0.15) is 30.6 Å². The largest absolute Gasteiger partial charge is 0.369 e. The molecule has 134 valence electrons. The van der Waals surface area contributed by atoms with E-state index < -0.39 is 0 Å². The lowest BCUT2D eigenvalue weighted by Crippen LogP contribution is -2.39. The van der Waals surface area contributed by atoms with E-state index in [-0.39, 0.29) is 11.8 Å². The molecule has 6 nitrogen and oxygen atoms in total. The number of carbonyl (C=O) groups is 1. The number of hydrogen-bond donors (Lipinski definition) is 3. The van der Waals surface area contributed by atoms with Crippen molar-refractivity contribution in [3.05, 3.63) is 22.4 Å². The Morgan fingerprint density at radius 3 is 2.79 bits per heavy atom. The summed E-state index contributed by atoms with van der Waals surface area (Å²) in [4.78, 5) is 19.1. The number of nitrogens with zero attached hydrogens (tertiary/aromatic N) is 2. The minimum absolute atomic E-state index is 0.0839. The van der Waals surface area contributed by atoms with Crippen LogP contribution in [-0.4, -0.2) is 50.0 Å². The van der Waals surface area contributed by atoms with Crippen molar-refractivity contribution in [3.8, 4) is 0 Å². The quantitative estimate of drug-likeness (QED) is 0.375. The molecule has 0 spiro atoms. The van der Waals surface area contributed by atoms with Gasteiger partial charge in [0, 0.05) is 24.4 Å². The summed E-state index contributed by atoms with van der Waals surface area (Å²) in [5, 5.41) is 8.76. The molecule has 1 amide bonds. The number of amides is 1. The molecule has 1 aliphatic rings. The maximum absolute atomic E-state index is 11.2. The van der Waals surface area contributed by atoms with E-state index in [0.717, 1.165) is 64.4 Å². The Bertz CT molecular complexity index is 509. The highest BCUT2D eigenvalue weighted by Crippen LogP contribution is 2.16. The number of thiophene rings is 1. The molecule has 1 saturated heterocycles. The number of unbranched alkanes of at least 4 members (excludes halogenated alkanes) is 1. The lowest BCUT2D eigenvalue weighted by Gasteiger charge is -2.30. The highest BCUT2D eigenvalue weighted by molar-refractivity contribution is 7.09. The monoisotopic (exact) mass is 351 g/mol. The Hall–Kier alpha value is -1.60. The highest BCUT2D eigenvalue weighted by atomic mass is 32.1. The number of hydrogen-bond acceptors (Lipinski definition) is 4. The van der Waals surface area contributed by atoms with Gasteiger partial charge in [-0.3, -0.25) is 9.79 Å². The summed E-state index contributed by atoms with van der Waals surface area (Å²) in [7, 11) is 1.80. The maximum Gasteiger partial charge on any atom is 0.220 e. The van der Waals surface area contributed by atoms with E-state index in [1.54, 1.807) is 18.4 Å². The van der Waals surface area contributed by atoms with Gasteiger partial charge in [-0.2, -0.15) is 0 Å². The first-order valence-corrected chi connectivity index (χ1v) is 9.55. The molecule has 7 heteroatoms. The molecule has 0 aliphatic carbocycles. The zero-order chi connectivity index (χ0) is 17.2. The molecule has 1 aromatic heterocycles. The van der Waals surface area contributed by atoms with Crippen LogP contribution in [0.15, 0.2) is 22.5 Å². The third kappa shape index (κ3) is 6.49. The van der Waals surface area contributed by atoms with Crippen LogP contribution in [0.25, 0.3) is 0 Å². The molecule has 2 rings (SSSR count). The normalized spacial score (nSPS) is 17.0. The average Bonchev–Trinajstić information content (AvgIpc) is 3.11. The predicted octanol–water partition coefficient (Wildman–Crippen LogP) is 1.39. The molecule has 0 bridgehead atoms. The lowest BCUT2D eigenvalue weighted by molar-refractivity contribution is -0.123. The first-order valence-electron chi connectivity index (χ1n) is 8.67. The first-order chi connectivity index (χ1) is 11.7. The molecule has 0 atom stereocenters. The van der Waals surface area contributed by atoms with Crippen molar-refractivity contribution in [1.29, 1.82) is 0 Å². The number of carbonyl (C=O) groups excluding carboxylic acids is 1. The fourth-order valence-corrected chi connectivity index (χ4v) is 3.56. The van der Waals surface area contributed by atoms with Gasteiger partial charge >= 0.3 is 0 Å². The minimum atomic E-state index is -0.139. The van der Waals surface area contributed by atoms with Crippen molar-refractivity contribution in [2.75, 3.05) is 33.2 Å². The predicted molar refractivity (Wildman–Crippen MR) is 100 cm³/mol. The van der Waals surface area contributed by atoms with Crippen molar-refractivity contribution >= 4 is 23.2 Å². The Morgan fingerprint density at radius 2 is 2.17 bits per heavy atom. The number of nitrogens with one attached hydrogen (secondary N) is 2. The van der Waals surface area contributed by atoms with Crippen LogP contribution < -0.4 is 16.4 Å². The molecule has 0 saturated carbocycles. The van der Waals surface area contributed by atoms with Gasteiger partial charge < -0.3 is 21.3 Å². The van der Waals surface area contributed by atoms with Crippen LogP contribution in [-0.2, 0) is 11.3 Å². The maximum atomic E-state index is 11.2. The molecule has 1 aliphatic heterocycles. The van der Waals surface area contributed by atoms with Crippen molar-refractivity contribution in [2.45, 2.75) is 32.2 Å². The summed E-state index contributed by atoms with van der Waals surface area (Å²) in [6.45, 7) is 4.80. The van der Waals surface area contributed by atoms with Gasteiger partial charge in [0.1, 0.15) is 0 Å². The Labute approximate surface area is 148 Å². The Kier molecular flexibility index (Phi) is 8.04. The molecule has 0 radical (unpaired) electrons. The van der Waals surface area contributed by atoms with Crippen molar-refractivity contribution in [1.82, 2.24) is 15.5 Å². The highest BCUT2D eigenvalue weighted by Gasteiger charge is 2.22. The number of piperidine rings is 1. The Morgan fingerprint density at radius 1 is 1.38 bits per heavy atom. The second-order valence-electron chi connectivity index (χ2n) is 6.16. The fourth-order valence-electron chi connectivity index (χ4n) is 2.91. The van der Waals surface area contributed by atoms with Gasteiger partial charge in [0.15, 0.2) is 5.96 Å². The van der Waals surface area contributed by atoms with Crippen LogP contribution >= 0.6 is 11.3 Å². The van der Waals surface area contributed by atoms with E-state index in [1.807, 2.05) is 0 Å². The van der Waals surface area contributed by atoms with Gasteiger partial charge in [0.05, 0.1) is 6.54 Å². The SMILES string of the molecule is CN=C(NCCCCN1CCC(C(N)=O)CC1)NCc1cccs1. The van der Waals surface area contributed by atoms with Crippen LogP contribution in [0.5, 0.6) is 0 Å². The van der Waals surface area contributed by atoms with E-state index in [4.69, 9.17) is 5.73 Å². The standard InChI is InChI=1S/C17H29N5OS/c1-19-17(21-13-15-5-4-12-24-15)20-8-2-3-9-22-10-6-14(7-11-22)16(18)23/h4-5,12,14H,2-3,6-11,13H2,1H3,(H2,18,23)(H2,19,20,21). The van der Waals surface area contributed by atoms with Gasteiger partial charge in [-0.05, 0) is 56.8 Å². The van der Waals surface area contributed by atoms with E-state index in [9.17, 15) is 4.79 Å². The first kappa shape index (κ1) is 18.7. The number of guanidine groups is 1. The molecule has 1 aromatic rings. The van der Waals surface area contributed by atoms with Crippen molar-refractivity contribution in [3.63, 3.8) is 0 Å². The number of likely N-dealkylation sites (tertiary alicyclic amines) is 1. The summed E-state index contributed by atoms with van der Waals surface area (Å²) in [5.41, 5.74) is 5.37. The van der Waals surface area contributed by atoms with Crippen molar-refractivity contribution < 1.29 is 4.79 Å². The van der Waals surface area contributed by atoms with E-state index >= 15 is 0 Å². The summed E-state index contributed by atoms with van der Waals surface area (Å²) in [6.07, 6.45) is 4.07. The second kappa shape index (κ2) is 10.3. The lowest BCUT2D eigenvalue weighted by atomic mass is 9.96. The molecule has 24 heavy (non-hydrogen) atoms. The number of primary amides is 1. The summed E-state index contributed by atoms with van der Waals surface area (Å²) >= 11 is 1.75. The van der Waals surface area contributed by atoms with Gasteiger partial charge in [-0.1, -0.05) is 6.07 Å². The van der Waals surface area contributed by atoms with Crippen LogP contribution in [0, 0.1) is 5.92 Å². The van der Waals surface area contributed by atoms with Crippen LogP contribution in [0.2, 0.25) is 0 Å². The van der Waals surface area contributed by atoms with E-state index in [0.29, 0.717) is 0 Å². The summed E-state index contributed by atoms with van der Waals surface area (Å²) < 4.78 is 0. The summed E-state index contributed by atoms with van der Waals surface area (Å²) in [5.74, 6) is 0.798. The zero-order valence-corrected chi connectivity index (χ0v) is 15.3. The van der Waals surface area contributed by atoms with Gasteiger partial charge in [0.2, 0.25) is 5.91 Å². The molecule has 0 aromatic carbocycles. The third-order valence-electron chi connectivity index (χ3n) is 4.42. The molecular formula is C17H29N5OS. The number of nitrogens with two attached hydrogens (primary N) is 1. The van der Waals surface area contributed by atoms with Gasteiger partial charge in [0.25, 0.3) is 0 Å². The second-order valence-corrected chi connectivity index (χ2v) is 7.19. The Balaban J connectivity index is 1.52. The van der Waals surface area contributed by atoms with Crippen LogP contribution in [0.4, 0.5) is 0 Å². The minimum Gasteiger partial charge on any atom is -0.369 e. The van der Waals surface area contributed by atoms with E-state index in [2.05, 4.69) is 38.0 Å². The number of aliphatic imine (C=N–C) groups is 1. The molecule has 0 unspecified atom stereocenters. The summed E-state index contributed by atoms with van der Waals surface area (Å²) in [6, 6.07) is 4.18. The third-order valence-corrected chi connectivity index (χ3v) is 5.29. The van der Waals surface area contributed by atoms with E-state index in [1.165, 1.54) is 4.88 Å².